The summed E-state index contributed by atoms with van der Waals surface area (Å²) in [6.45, 7) is 2.85. The van der Waals surface area contributed by atoms with Crippen molar-refractivity contribution in [2.75, 3.05) is 6.61 Å². The number of hydrogen-bond acceptors (Lipinski definition) is 2. The SMILES string of the molecule is CCCOc1ccccc1-c1cnc2ccccc2c1. The zero-order valence-electron chi connectivity index (χ0n) is 11.5. The van der Waals surface area contributed by atoms with Crippen LogP contribution < -0.4 is 4.74 Å². The Hall–Kier alpha value is -2.35. The second kappa shape index (κ2) is 5.74. The predicted octanol–water partition coefficient (Wildman–Crippen LogP) is 4.69. The van der Waals surface area contributed by atoms with E-state index in [-0.39, 0.29) is 0 Å². The Morgan fingerprint density at radius 2 is 1.80 bits per heavy atom. The highest BCUT2D eigenvalue weighted by Crippen LogP contribution is 2.31. The highest BCUT2D eigenvalue weighted by Gasteiger charge is 2.06. The molecule has 0 fully saturated rings. The van der Waals surface area contributed by atoms with Gasteiger partial charge in [0.15, 0.2) is 0 Å². The average Bonchev–Trinajstić information content (AvgIpc) is 2.53. The van der Waals surface area contributed by atoms with Gasteiger partial charge < -0.3 is 4.74 Å². The minimum absolute atomic E-state index is 0.734. The number of fused-ring (bicyclic) bond motifs is 1. The van der Waals surface area contributed by atoms with Crippen LogP contribution in [0.3, 0.4) is 0 Å². The molecule has 3 rings (SSSR count). The van der Waals surface area contributed by atoms with Crippen molar-refractivity contribution in [1.82, 2.24) is 4.98 Å². The third-order valence-corrected chi connectivity index (χ3v) is 3.25. The van der Waals surface area contributed by atoms with Crippen LogP contribution in [0.2, 0.25) is 0 Å². The van der Waals surface area contributed by atoms with E-state index in [1.165, 1.54) is 0 Å². The zero-order valence-corrected chi connectivity index (χ0v) is 11.5. The highest BCUT2D eigenvalue weighted by atomic mass is 16.5. The summed E-state index contributed by atoms with van der Waals surface area (Å²) in [5.74, 6) is 0.923. The van der Waals surface area contributed by atoms with Gasteiger partial charge in [-0.15, -0.1) is 0 Å². The number of nitrogens with zero attached hydrogens (tertiary/aromatic N) is 1. The number of rotatable bonds is 4. The van der Waals surface area contributed by atoms with E-state index >= 15 is 0 Å². The van der Waals surface area contributed by atoms with Crippen molar-refractivity contribution in [2.45, 2.75) is 13.3 Å². The number of para-hydroxylation sites is 2. The van der Waals surface area contributed by atoms with Crippen LogP contribution in [-0.4, -0.2) is 11.6 Å². The summed E-state index contributed by atoms with van der Waals surface area (Å²) < 4.78 is 5.82. The van der Waals surface area contributed by atoms with E-state index in [0.717, 1.165) is 40.8 Å². The van der Waals surface area contributed by atoms with Crippen LogP contribution in [0.4, 0.5) is 0 Å². The molecule has 2 aromatic carbocycles. The van der Waals surface area contributed by atoms with E-state index < -0.39 is 0 Å². The molecule has 0 aliphatic rings. The van der Waals surface area contributed by atoms with Gasteiger partial charge in [-0.3, -0.25) is 4.98 Å². The second-order valence-electron chi connectivity index (χ2n) is 4.76. The maximum absolute atomic E-state index is 5.82. The molecule has 100 valence electrons. The summed E-state index contributed by atoms with van der Waals surface area (Å²) in [6.07, 6.45) is 2.92. The van der Waals surface area contributed by atoms with Crippen LogP contribution in [-0.2, 0) is 0 Å². The molecule has 0 amide bonds. The molecule has 0 unspecified atom stereocenters. The van der Waals surface area contributed by atoms with Crippen LogP contribution in [0.5, 0.6) is 5.75 Å². The maximum atomic E-state index is 5.82. The normalized spacial score (nSPS) is 10.7. The molecule has 0 saturated heterocycles. The first kappa shape index (κ1) is 12.7. The standard InChI is InChI=1S/C18H17NO/c1-2-11-20-18-10-6-4-8-16(18)15-12-14-7-3-5-9-17(14)19-13-15/h3-10,12-13H,2,11H2,1H3. The van der Waals surface area contributed by atoms with Crippen LogP contribution in [0.15, 0.2) is 60.8 Å². The Balaban J connectivity index is 2.06. The van der Waals surface area contributed by atoms with E-state index in [1.54, 1.807) is 0 Å². The Morgan fingerprint density at radius 1 is 1.00 bits per heavy atom. The maximum Gasteiger partial charge on any atom is 0.127 e. The lowest BCUT2D eigenvalue weighted by Crippen LogP contribution is -1.96. The molecule has 2 heteroatoms. The number of aromatic nitrogens is 1. The number of ether oxygens (including phenoxy) is 1. The first-order chi connectivity index (χ1) is 9.88. The number of benzene rings is 2. The molecular formula is C18H17NO. The van der Waals surface area contributed by atoms with Crippen molar-refractivity contribution >= 4 is 10.9 Å². The molecule has 0 saturated carbocycles. The Kier molecular flexibility index (Phi) is 3.64. The summed E-state index contributed by atoms with van der Waals surface area (Å²) in [5.41, 5.74) is 3.21. The monoisotopic (exact) mass is 263 g/mol. The molecule has 1 aromatic heterocycles. The van der Waals surface area contributed by atoms with Gasteiger partial charge in [0, 0.05) is 22.7 Å². The van der Waals surface area contributed by atoms with Gasteiger partial charge in [0.1, 0.15) is 5.75 Å². The Labute approximate surface area is 119 Å². The van der Waals surface area contributed by atoms with E-state index in [9.17, 15) is 0 Å². The molecule has 20 heavy (non-hydrogen) atoms. The third kappa shape index (κ3) is 2.50. The van der Waals surface area contributed by atoms with Crippen LogP contribution in [0.1, 0.15) is 13.3 Å². The highest BCUT2D eigenvalue weighted by molar-refractivity contribution is 5.84. The first-order valence-corrected chi connectivity index (χ1v) is 6.95. The van der Waals surface area contributed by atoms with E-state index in [2.05, 4.69) is 30.1 Å². The molecule has 1 heterocycles. The van der Waals surface area contributed by atoms with Crippen molar-refractivity contribution in [3.63, 3.8) is 0 Å². The summed E-state index contributed by atoms with van der Waals surface area (Å²) in [6, 6.07) is 18.4. The molecule has 2 nitrogen and oxygen atoms in total. The number of pyridine rings is 1. The topological polar surface area (TPSA) is 22.1 Å². The average molecular weight is 263 g/mol. The van der Waals surface area contributed by atoms with E-state index in [1.807, 2.05) is 42.6 Å². The van der Waals surface area contributed by atoms with Gasteiger partial charge in [0.05, 0.1) is 12.1 Å². The minimum atomic E-state index is 0.734. The molecule has 0 N–H and O–H groups in total. The van der Waals surface area contributed by atoms with Gasteiger partial charge in [-0.2, -0.15) is 0 Å². The molecule has 0 aliphatic carbocycles. The predicted molar refractivity (Wildman–Crippen MR) is 83.0 cm³/mol. The van der Waals surface area contributed by atoms with Gasteiger partial charge in [-0.05, 0) is 24.6 Å². The molecule has 0 spiro atoms. The van der Waals surface area contributed by atoms with Gasteiger partial charge >= 0.3 is 0 Å². The van der Waals surface area contributed by atoms with Crippen molar-refractivity contribution in [3.8, 4) is 16.9 Å². The fourth-order valence-corrected chi connectivity index (χ4v) is 2.26. The summed E-state index contributed by atoms with van der Waals surface area (Å²) >= 11 is 0. The lowest BCUT2D eigenvalue weighted by Gasteiger charge is -2.11. The van der Waals surface area contributed by atoms with Crippen molar-refractivity contribution in [3.05, 3.63) is 60.8 Å². The fraction of sp³-hybridized carbons (Fsp3) is 0.167. The molecular weight excluding hydrogens is 246 g/mol. The Morgan fingerprint density at radius 3 is 2.70 bits per heavy atom. The fourth-order valence-electron chi connectivity index (χ4n) is 2.26. The molecule has 0 aliphatic heterocycles. The van der Waals surface area contributed by atoms with Crippen LogP contribution >= 0.6 is 0 Å². The van der Waals surface area contributed by atoms with Crippen molar-refractivity contribution in [1.29, 1.82) is 0 Å². The number of hydrogen-bond donors (Lipinski definition) is 0. The molecule has 3 aromatic rings. The van der Waals surface area contributed by atoms with Gasteiger partial charge in [-0.1, -0.05) is 43.3 Å². The molecule has 0 atom stereocenters. The van der Waals surface area contributed by atoms with Crippen molar-refractivity contribution in [2.24, 2.45) is 0 Å². The summed E-state index contributed by atoms with van der Waals surface area (Å²) in [4.78, 5) is 4.52. The molecule has 0 radical (unpaired) electrons. The third-order valence-electron chi connectivity index (χ3n) is 3.25. The Bertz CT molecular complexity index is 721. The van der Waals surface area contributed by atoms with E-state index in [4.69, 9.17) is 4.74 Å². The lowest BCUT2D eigenvalue weighted by molar-refractivity contribution is 0.318. The molecule has 0 bridgehead atoms. The minimum Gasteiger partial charge on any atom is -0.493 e. The van der Waals surface area contributed by atoms with Gasteiger partial charge in [0.2, 0.25) is 0 Å². The first-order valence-electron chi connectivity index (χ1n) is 6.95. The van der Waals surface area contributed by atoms with E-state index in [0.29, 0.717) is 0 Å². The zero-order chi connectivity index (χ0) is 13.8. The quantitative estimate of drug-likeness (QED) is 0.681. The van der Waals surface area contributed by atoms with Crippen LogP contribution in [0.25, 0.3) is 22.0 Å². The summed E-state index contributed by atoms with van der Waals surface area (Å²) in [5, 5.41) is 1.15. The van der Waals surface area contributed by atoms with Gasteiger partial charge in [-0.25, -0.2) is 0 Å². The van der Waals surface area contributed by atoms with Gasteiger partial charge in [0.25, 0.3) is 0 Å². The van der Waals surface area contributed by atoms with Crippen molar-refractivity contribution < 1.29 is 4.74 Å². The smallest absolute Gasteiger partial charge is 0.127 e. The lowest BCUT2D eigenvalue weighted by atomic mass is 10.0. The second-order valence-corrected chi connectivity index (χ2v) is 4.76. The van der Waals surface area contributed by atoms with Crippen LogP contribution in [0, 0.1) is 0 Å². The summed E-state index contributed by atoms with van der Waals surface area (Å²) in [7, 11) is 0. The largest absolute Gasteiger partial charge is 0.493 e.